The molecule has 1 aromatic rings. The van der Waals surface area contributed by atoms with E-state index >= 15 is 0 Å². The maximum absolute atomic E-state index is 12.4. The molecule has 1 atom stereocenters. The lowest BCUT2D eigenvalue weighted by Crippen LogP contribution is -2.60. The van der Waals surface area contributed by atoms with E-state index in [0.29, 0.717) is 0 Å². The van der Waals surface area contributed by atoms with Crippen molar-refractivity contribution in [2.45, 2.75) is 44.2 Å². The normalized spacial score (nSPS) is 18.0. The van der Waals surface area contributed by atoms with Gasteiger partial charge in [-0.2, -0.15) is 0 Å². The van der Waals surface area contributed by atoms with Gasteiger partial charge in [-0.1, -0.05) is 18.2 Å². The summed E-state index contributed by atoms with van der Waals surface area (Å²) in [6.45, 7) is 2.05. The minimum absolute atomic E-state index is 0.0612. The van der Waals surface area contributed by atoms with Crippen LogP contribution in [0.3, 0.4) is 0 Å². The fourth-order valence-electron chi connectivity index (χ4n) is 2.65. The van der Waals surface area contributed by atoms with Crippen LogP contribution in [0.2, 0.25) is 0 Å². The zero-order valence-corrected chi connectivity index (χ0v) is 12.6. The molecule has 2 N–H and O–H groups in total. The molecule has 1 fully saturated rings. The van der Waals surface area contributed by atoms with E-state index in [0.717, 1.165) is 37.0 Å². The molecule has 1 aromatic carbocycles. The van der Waals surface area contributed by atoms with E-state index in [1.165, 1.54) is 0 Å². The van der Waals surface area contributed by atoms with Gasteiger partial charge in [0.2, 0.25) is 5.91 Å². The summed E-state index contributed by atoms with van der Waals surface area (Å²) in [6, 6.07) is 8.02. The Morgan fingerprint density at radius 3 is 2.65 bits per heavy atom. The number of nitrogens with zero attached hydrogens (tertiary/aromatic N) is 1. The van der Waals surface area contributed by atoms with Gasteiger partial charge in [0.1, 0.15) is 5.75 Å². The summed E-state index contributed by atoms with van der Waals surface area (Å²) in [5.41, 5.74) is 6.61. The molecule has 1 amide bonds. The fraction of sp³-hybridized carbons (Fsp3) is 0.562. The Bertz CT molecular complexity index is 483. The highest BCUT2D eigenvalue weighted by molar-refractivity contribution is 5.87. The lowest BCUT2D eigenvalue weighted by Gasteiger charge is -2.41. The van der Waals surface area contributed by atoms with Gasteiger partial charge in [0.25, 0.3) is 0 Å². The Morgan fingerprint density at radius 1 is 1.45 bits per heavy atom. The topological polar surface area (TPSA) is 55.6 Å². The number of methoxy groups -OCH3 is 1. The van der Waals surface area contributed by atoms with Crippen LogP contribution in [0, 0.1) is 0 Å². The van der Waals surface area contributed by atoms with Crippen molar-refractivity contribution in [3.8, 4) is 5.75 Å². The van der Waals surface area contributed by atoms with Gasteiger partial charge in [0, 0.05) is 13.1 Å². The molecule has 1 unspecified atom stereocenters. The zero-order chi connectivity index (χ0) is 14.8. The van der Waals surface area contributed by atoms with Crippen molar-refractivity contribution in [2.24, 2.45) is 5.73 Å². The summed E-state index contributed by atoms with van der Waals surface area (Å²) in [7, 11) is 3.51. The molecule has 1 saturated carbocycles. The van der Waals surface area contributed by atoms with Crippen LogP contribution < -0.4 is 10.5 Å². The molecule has 110 valence electrons. The number of ether oxygens (including phenoxy) is 1. The smallest absolute Gasteiger partial charge is 0.242 e. The van der Waals surface area contributed by atoms with Crippen molar-refractivity contribution >= 4 is 5.91 Å². The van der Waals surface area contributed by atoms with Crippen molar-refractivity contribution in [1.82, 2.24) is 4.90 Å². The molecule has 4 heteroatoms. The highest BCUT2D eigenvalue weighted by atomic mass is 16.5. The predicted molar refractivity (Wildman–Crippen MR) is 79.7 cm³/mol. The summed E-state index contributed by atoms with van der Waals surface area (Å²) in [4.78, 5) is 14.2. The first-order valence-corrected chi connectivity index (χ1v) is 7.16. The van der Waals surface area contributed by atoms with Crippen LogP contribution in [-0.4, -0.2) is 36.5 Å². The minimum Gasteiger partial charge on any atom is -0.496 e. The minimum atomic E-state index is -0.621. The van der Waals surface area contributed by atoms with E-state index in [1.807, 2.05) is 38.2 Å². The molecular weight excluding hydrogens is 252 g/mol. The van der Waals surface area contributed by atoms with Gasteiger partial charge in [-0.25, -0.2) is 0 Å². The third-order valence-electron chi connectivity index (χ3n) is 4.36. The number of nitrogens with two attached hydrogens (primary N) is 1. The monoisotopic (exact) mass is 276 g/mol. The number of likely N-dealkylation sites (N-methyl/N-ethyl adjacent to an activating group) is 1. The first-order valence-electron chi connectivity index (χ1n) is 7.16. The Hall–Kier alpha value is -1.55. The fourth-order valence-corrected chi connectivity index (χ4v) is 2.65. The number of hydrogen-bond acceptors (Lipinski definition) is 3. The van der Waals surface area contributed by atoms with Crippen LogP contribution in [0.25, 0.3) is 0 Å². The van der Waals surface area contributed by atoms with Crippen LogP contribution in [0.4, 0.5) is 0 Å². The zero-order valence-electron chi connectivity index (χ0n) is 12.6. The molecule has 0 bridgehead atoms. The van der Waals surface area contributed by atoms with Gasteiger partial charge >= 0.3 is 0 Å². The lowest BCUT2D eigenvalue weighted by atomic mass is 9.76. The van der Waals surface area contributed by atoms with Crippen molar-refractivity contribution in [2.75, 3.05) is 14.2 Å². The molecule has 0 radical (unpaired) electrons. The Balaban J connectivity index is 2.04. The predicted octanol–water partition coefficient (Wildman–Crippen LogP) is 1.97. The van der Waals surface area contributed by atoms with Crippen molar-refractivity contribution in [1.29, 1.82) is 0 Å². The summed E-state index contributed by atoms with van der Waals surface area (Å²) in [5.74, 6) is 0.928. The van der Waals surface area contributed by atoms with E-state index in [1.54, 1.807) is 12.0 Å². The number of carbonyl (C=O) groups is 1. The molecule has 4 nitrogen and oxygen atoms in total. The molecule has 0 spiro atoms. The Morgan fingerprint density at radius 2 is 2.10 bits per heavy atom. The number of para-hydroxylation sites is 1. The molecule has 0 heterocycles. The molecule has 2 rings (SSSR count). The van der Waals surface area contributed by atoms with E-state index < -0.39 is 5.54 Å². The van der Waals surface area contributed by atoms with Crippen LogP contribution in [-0.2, 0) is 11.2 Å². The SMILES string of the molecule is COc1ccccc1CC(C)N(C)C(=O)C1(N)CCC1. The second-order valence-corrected chi connectivity index (χ2v) is 5.79. The van der Waals surface area contributed by atoms with Crippen LogP contribution in [0.5, 0.6) is 5.75 Å². The van der Waals surface area contributed by atoms with Crippen molar-refractivity contribution in [3.63, 3.8) is 0 Å². The molecular formula is C16H24N2O2. The number of hydrogen-bond donors (Lipinski definition) is 1. The Labute approximate surface area is 120 Å². The highest BCUT2D eigenvalue weighted by Gasteiger charge is 2.42. The van der Waals surface area contributed by atoms with Crippen LogP contribution in [0.15, 0.2) is 24.3 Å². The van der Waals surface area contributed by atoms with E-state index in [-0.39, 0.29) is 11.9 Å². The van der Waals surface area contributed by atoms with E-state index in [9.17, 15) is 4.79 Å². The number of carbonyl (C=O) groups excluding carboxylic acids is 1. The molecule has 0 aliphatic heterocycles. The first-order chi connectivity index (χ1) is 9.48. The maximum Gasteiger partial charge on any atom is 0.242 e. The summed E-state index contributed by atoms with van der Waals surface area (Å²) >= 11 is 0. The van der Waals surface area contributed by atoms with E-state index in [4.69, 9.17) is 10.5 Å². The lowest BCUT2D eigenvalue weighted by molar-refractivity contribution is -0.140. The largest absolute Gasteiger partial charge is 0.496 e. The highest BCUT2D eigenvalue weighted by Crippen LogP contribution is 2.31. The van der Waals surface area contributed by atoms with Crippen molar-refractivity contribution < 1.29 is 9.53 Å². The molecule has 1 aliphatic rings. The van der Waals surface area contributed by atoms with Crippen molar-refractivity contribution in [3.05, 3.63) is 29.8 Å². The van der Waals surface area contributed by atoms with Gasteiger partial charge in [0.15, 0.2) is 0 Å². The van der Waals surface area contributed by atoms with Gasteiger partial charge in [-0.15, -0.1) is 0 Å². The van der Waals surface area contributed by atoms with Gasteiger partial charge in [0.05, 0.1) is 12.6 Å². The third kappa shape index (κ3) is 2.80. The molecule has 0 aromatic heterocycles. The number of amides is 1. The second kappa shape index (κ2) is 5.83. The van der Waals surface area contributed by atoms with E-state index in [2.05, 4.69) is 0 Å². The quantitative estimate of drug-likeness (QED) is 0.894. The van der Waals surface area contributed by atoms with Gasteiger partial charge in [-0.3, -0.25) is 4.79 Å². The number of rotatable bonds is 5. The summed E-state index contributed by atoms with van der Waals surface area (Å²) in [6.07, 6.45) is 3.43. The van der Waals surface area contributed by atoms with Gasteiger partial charge < -0.3 is 15.4 Å². The Kier molecular flexibility index (Phi) is 4.33. The second-order valence-electron chi connectivity index (χ2n) is 5.79. The molecule has 0 saturated heterocycles. The summed E-state index contributed by atoms with van der Waals surface area (Å²) in [5, 5.41) is 0. The maximum atomic E-state index is 12.4. The summed E-state index contributed by atoms with van der Waals surface area (Å²) < 4.78 is 5.36. The van der Waals surface area contributed by atoms with Crippen LogP contribution >= 0.6 is 0 Å². The number of benzene rings is 1. The first kappa shape index (κ1) is 14.9. The third-order valence-corrected chi connectivity index (χ3v) is 4.36. The van der Waals surface area contributed by atoms with Gasteiger partial charge in [-0.05, 0) is 44.2 Å². The molecule has 1 aliphatic carbocycles. The standard InChI is InChI=1S/C16H24N2O2/c1-12(11-13-7-4-5-8-14(13)20-3)18(2)15(19)16(17)9-6-10-16/h4-5,7-8,12H,6,9-11,17H2,1-3H3. The van der Waals surface area contributed by atoms with Crippen LogP contribution in [0.1, 0.15) is 31.7 Å². The average molecular weight is 276 g/mol. The average Bonchev–Trinajstić information content (AvgIpc) is 2.43. The molecule has 20 heavy (non-hydrogen) atoms.